The number of benzene rings is 1. The maximum absolute atomic E-state index is 13.3. The molecule has 0 heterocycles. The third-order valence-corrected chi connectivity index (χ3v) is 7.20. The molecule has 1 aromatic carbocycles. The molecular weight excluding hydrogens is 646 g/mol. The van der Waals surface area contributed by atoms with Crippen LogP contribution in [0.2, 0.25) is 0 Å². The van der Waals surface area contributed by atoms with Crippen LogP contribution in [-0.4, -0.2) is 69.3 Å². The molecule has 12 nitrogen and oxygen atoms in total. The van der Waals surface area contributed by atoms with E-state index in [2.05, 4.69) is 42.5 Å². The maximum Gasteiger partial charge on any atom is 0.331 e. The molecule has 13 heteroatoms. The predicted molar refractivity (Wildman–Crippen MR) is 175 cm³/mol. The van der Waals surface area contributed by atoms with Gasteiger partial charge in [-0.2, -0.15) is 0 Å². The first kappa shape index (κ1) is 39.5. The van der Waals surface area contributed by atoms with Crippen molar-refractivity contribution in [1.82, 2.24) is 26.6 Å². The zero-order valence-corrected chi connectivity index (χ0v) is 30.3. The minimum absolute atomic E-state index is 0.306. The minimum Gasteiger partial charge on any atom is -0.458 e. The molecule has 0 aliphatic carbocycles. The lowest BCUT2D eigenvalue weighted by Gasteiger charge is -2.36. The fourth-order valence-corrected chi connectivity index (χ4v) is 3.96. The van der Waals surface area contributed by atoms with Gasteiger partial charge in [0.1, 0.15) is 33.8 Å². The summed E-state index contributed by atoms with van der Waals surface area (Å²) >= 11 is 3.32. The van der Waals surface area contributed by atoms with E-state index in [9.17, 15) is 28.8 Å². The standard InChI is InChI=1S/C32H50BrN5O7/c1-18(2)21(34-22(39)19-14-16-20(33)17-15-19)23(40)35-29(6,7)24(41)36-30(8,9)25(42)37-31(10,11)26(43)38-32(12,13)27(44)45-28(3,4)5/h14-18,21H,1-13H3,(H,34,39)(H,35,40)(H,36,41)(H,37,42)(H,38,43)/t21-/m0/s1. The average Bonchev–Trinajstić information content (AvgIpc) is 2.85. The van der Waals surface area contributed by atoms with Gasteiger partial charge in [0.05, 0.1) is 0 Å². The smallest absolute Gasteiger partial charge is 0.331 e. The zero-order chi connectivity index (χ0) is 35.3. The van der Waals surface area contributed by atoms with Crippen LogP contribution >= 0.6 is 15.9 Å². The van der Waals surface area contributed by atoms with Crippen molar-refractivity contribution in [1.29, 1.82) is 0 Å². The number of esters is 1. The number of hydrogen-bond acceptors (Lipinski definition) is 7. The molecule has 0 bridgehead atoms. The molecule has 45 heavy (non-hydrogen) atoms. The SMILES string of the molecule is CC(C)[C@H](NC(=O)c1ccc(Br)cc1)C(=O)NC(C)(C)C(=O)NC(C)(C)C(=O)NC(C)(C)C(=O)NC(C)(C)C(=O)OC(C)(C)C. The van der Waals surface area contributed by atoms with Crippen molar-refractivity contribution in [3.05, 3.63) is 34.3 Å². The molecule has 0 fully saturated rings. The molecule has 0 saturated carbocycles. The van der Waals surface area contributed by atoms with Gasteiger partial charge in [0, 0.05) is 10.0 Å². The molecule has 0 aliphatic heterocycles. The van der Waals surface area contributed by atoms with Crippen molar-refractivity contribution in [2.75, 3.05) is 0 Å². The second-order valence-corrected chi connectivity index (χ2v) is 15.5. The molecule has 0 spiro atoms. The van der Waals surface area contributed by atoms with Crippen LogP contribution in [0.15, 0.2) is 28.7 Å². The predicted octanol–water partition coefficient (Wildman–Crippen LogP) is 3.12. The van der Waals surface area contributed by atoms with Gasteiger partial charge in [-0.3, -0.25) is 24.0 Å². The highest BCUT2D eigenvalue weighted by molar-refractivity contribution is 9.10. The van der Waals surface area contributed by atoms with Crippen LogP contribution in [0.3, 0.4) is 0 Å². The van der Waals surface area contributed by atoms with E-state index in [0.717, 1.165) is 4.47 Å². The fourth-order valence-electron chi connectivity index (χ4n) is 3.69. The topological polar surface area (TPSA) is 172 Å². The summed E-state index contributed by atoms with van der Waals surface area (Å²) in [5, 5.41) is 13.3. The summed E-state index contributed by atoms with van der Waals surface area (Å²) in [6.45, 7) is 20.4. The van der Waals surface area contributed by atoms with Crippen LogP contribution in [0.25, 0.3) is 0 Å². The second-order valence-electron chi connectivity index (χ2n) is 14.6. The molecule has 1 atom stereocenters. The molecule has 1 rings (SSSR count). The Morgan fingerprint density at radius 3 is 1.38 bits per heavy atom. The van der Waals surface area contributed by atoms with Crippen LogP contribution < -0.4 is 26.6 Å². The Labute approximate surface area is 275 Å². The monoisotopic (exact) mass is 695 g/mol. The molecular formula is C32H50BrN5O7. The number of carbonyl (C=O) groups is 6. The molecule has 0 unspecified atom stereocenters. The number of halogens is 1. The van der Waals surface area contributed by atoms with Gasteiger partial charge in [-0.05, 0) is 106 Å². The Bertz CT molecular complexity index is 1300. The van der Waals surface area contributed by atoms with Crippen LogP contribution in [-0.2, 0) is 28.7 Å². The first-order chi connectivity index (χ1) is 20.1. The van der Waals surface area contributed by atoms with Crippen molar-refractivity contribution in [3.8, 4) is 0 Å². The van der Waals surface area contributed by atoms with Crippen molar-refractivity contribution in [3.63, 3.8) is 0 Å². The van der Waals surface area contributed by atoms with E-state index in [1.54, 1.807) is 58.9 Å². The quantitative estimate of drug-likeness (QED) is 0.209. The molecule has 0 radical (unpaired) electrons. The lowest BCUT2D eigenvalue weighted by atomic mass is 9.95. The Balaban J connectivity index is 2.95. The molecule has 252 valence electrons. The lowest BCUT2D eigenvalue weighted by Crippen LogP contribution is -2.68. The van der Waals surface area contributed by atoms with Gasteiger partial charge >= 0.3 is 5.97 Å². The van der Waals surface area contributed by atoms with Crippen LogP contribution in [0, 0.1) is 5.92 Å². The highest BCUT2D eigenvalue weighted by Crippen LogP contribution is 2.17. The molecule has 1 aromatic rings. The zero-order valence-electron chi connectivity index (χ0n) is 28.7. The van der Waals surface area contributed by atoms with Crippen molar-refractivity contribution in [2.24, 2.45) is 5.92 Å². The van der Waals surface area contributed by atoms with Gasteiger partial charge in [0.2, 0.25) is 23.6 Å². The first-order valence-electron chi connectivity index (χ1n) is 14.7. The number of amides is 5. The lowest BCUT2D eigenvalue weighted by molar-refractivity contribution is -0.163. The van der Waals surface area contributed by atoms with Gasteiger partial charge in [-0.15, -0.1) is 0 Å². The van der Waals surface area contributed by atoms with E-state index in [0.29, 0.717) is 5.56 Å². The summed E-state index contributed by atoms with van der Waals surface area (Å²) in [5.74, 6) is -3.98. The Hall–Kier alpha value is -3.48. The average molecular weight is 697 g/mol. The summed E-state index contributed by atoms with van der Waals surface area (Å²) in [7, 11) is 0. The van der Waals surface area contributed by atoms with E-state index in [1.165, 1.54) is 55.4 Å². The summed E-state index contributed by atoms with van der Waals surface area (Å²) in [6.07, 6.45) is 0. The first-order valence-corrected chi connectivity index (χ1v) is 15.5. The third kappa shape index (κ3) is 11.8. The van der Waals surface area contributed by atoms with Gasteiger partial charge in [-0.25, -0.2) is 4.79 Å². The number of hydrogen-bond donors (Lipinski definition) is 5. The summed E-state index contributed by atoms with van der Waals surface area (Å²) in [4.78, 5) is 78.4. The number of ether oxygens (including phenoxy) is 1. The number of rotatable bonds is 12. The highest BCUT2D eigenvalue weighted by atomic mass is 79.9. The summed E-state index contributed by atoms with van der Waals surface area (Å²) in [6, 6.07) is 5.71. The normalized spacial score (nSPS) is 13.3. The van der Waals surface area contributed by atoms with E-state index in [1.807, 2.05) is 0 Å². The van der Waals surface area contributed by atoms with Crippen molar-refractivity contribution < 1.29 is 33.5 Å². The molecule has 0 saturated heterocycles. The second kappa shape index (κ2) is 14.3. The van der Waals surface area contributed by atoms with Crippen LogP contribution in [0.4, 0.5) is 0 Å². The van der Waals surface area contributed by atoms with Crippen molar-refractivity contribution >= 4 is 51.4 Å². The van der Waals surface area contributed by atoms with Gasteiger partial charge in [0.25, 0.3) is 5.91 Å². The maximum atomic E-state index is 13.3. The van der Waals surface area contributed by atoms with Crippen molar-refractivity contribution in [2.45, 2.75) is 124 Å². The van der Waals surface area contributed by atoms with Gasteiger partial charge < -0.3 is 31.3 Å². The van der Waals surface area contributed by atoms with Crippen LogP contribution in [0.5, 0.6) is 0 Å². The molecule has 0 aliphatic rings. The number of nitrogens with one attached hydrogen (secondary N) is 5. The third-order valence-electron chi connectivity index (χ3n) is 6.67. The van der Waals surface area contributed by atoms with Crippen LogP contribution in [0.1, 0.15) is 100 Å². The Morgan fingerprint density at radius 2 is 1.00 bits per heavy atom. The summed E-state index contributed by atoms with van der Waals surface area (Å²) < 4.78 is 6.19. The molecule has 5 N–H and O–H groups in total. The largest absolute Gasteiger partial charge is 0.458 e. The highest BCUT2D eigenvalue weighted by Gasteiger charge is 2.43. The summed E-state index contributed by atoms with van der Waals surface area (Å²) in [5.41, 5.74) is -6.28. The van der Waals surface area contributed by atoms with Gasteiger partial charge in [-0.1, -0.05) is 29.8 Å². The van der Waals surface area contributed by atoms with E-state index < -0.39 is 69.3 Å². The van der Waals surface area contributed by atoms with Gasteiger partial charge in [0.15, 0.2) is 0 Å². The Morgan fingerprint density at radius 1 is 0.622 bits per heavy atom. The minimum atomic E-state index is -1.52. The fraction of sp³-hybridized carbons (Fsp3) is 0.625. The van der Waals surface area contributed by atoms with E-state index >= 15 is 0 Å². The molecule has 5 amide bonds. The number of carbonyl (C=O) groups excluding carboxylic acids is 6. The Kier molecular flexibility index (Phi) is 12.6. The van der Waals surface area contributed by atoms with E-state index in [4.69, 9.17) is 4.74 Å². The molecule has 0 aromatic heterocycles. The van der Waals surface area contributed by atoms with E-state index in [-0.39, 0.29) is 5.92 Å².